The van der Waals surface area contributed by atoms with Crippen LogP contribution in [-0.4, -0.2) is 53.7 Å². The first-order valence-corrected chi connectivity index (χ1v) is 11.4. The van der Waals surface area contributed by atoms with E-state index >= 15 is 0 Å². The van der Waals surface area contributed by atoms with Gasteiger partial charge < -0.3 is 20.6 Å². The van der Waals surface area contributed by atoms with Crippen molar-refractivity contribution in [3.05, 3.63) is 36.0 Å². The summed E-state index contributed by atoms with van der Waals surface area (Å²) in [6.07, 6.45) is -1.81. The maximum Gasteiger partial charge on any atom is 0.416 e. The van der Waals surface area contributed by atoms with Crippen LogP contribution >= 0.6 is 0 Å². The standard InChI is InChI=1S/C23H28F3N7O2/c1-22(2,3)31-19-27-13-17-18(30-19)33(11-9-16-8-5-10-32(16)21(34)35)20(29-17)28-15-7-4-6-14(12-15)23(24,25)26/h4,6-7,12-13,16H,5,8-11H2,1-3H3,(H,28,29)(H,34,35)(H,27,30,31). The number of amides is 1. The molecule has 3 aromatic rings. The predicted molar refractivity (Wildman–Crippen MR) is 126 cm³/mol. The van der Waals surface area contributed by atoms with Crippen LogP contribution in [0.5, 0.6) is 0 Å². The van der Waals surface area contributed by atoms with E-state index in [2.05, 4.69) is 25.6 Å². The van der Waals surface area contributed by atoms with Crippen molar-refractivity contribution in [3.63, 3.8) is 0 Å². The van der Waals surface area contributed by atoms with Crippen molar-refractivity contribution in [2.75, 3.05) is 17.2 Å². The molecule has 0 radical (unpaired) electrons. The number of benzene rings is 1. The third-order valence-electron chi connectivity index (χ3n) is 5.73. The lowest BCUT2D eigenvalue weighted by molar-refractivity contribution is -0.137. The highest BCUT2D eigenvalue weighted by molar-refractivity contribution is 5.76. The summed E-state index contributed by atoms with van der Waals surface area (Å²) in [5.41, 5.74) is 0.139. The quantitative estimate of drug-likeness (QED) is 0.428. The number of alkyl halides is 3. The maximum absolute atomic E-state index is 13.2. The first-order valence-electron chi connectivity index (χ1n) is 11.4. The van der Waals surface area contributed by atoms with Gasteiger partial charge in [-0.1, -0.05) is 6.07 Å². The van der Waals surface area contributed by atoms with Crippen molar-refractivity contribution in [2.45, 2.75) is 64.3 Å². The predicted octanol–water partition coefficient (Wildman–Crippen LogP) is 5.33. The first-order chi connectivity index (χ1) is 16.4. The fourth-order valence-corrected chi connectivity index (χ4v) is 4.19. The lowest BCUT2D eigenvalue weighted by Crippen LogP contribution is -2.34. The summed E-state index contributed by atoms with van der Waals surface area (Å²) in [4.78, 5) is 26.4. The lowest BCUT2D eigenvalue weighted by atomic mass is 10.1. The van der Waals surface area contributed by atoms with Crippen molar-refractivity contribution < 1.29 is 23.1 Å². The number of hydrogen-bond acceptors (Lipinski definition) is 6. The molecule has 188 valence electrons. The Bertz CT molecular complexity index is 1220. The van der Waals surface area contributed by atoms with E-state index in [4.69, 9.17) is 0 Å². The van der Waals surface area contributed by atoms with E-state index in [0.717, 1.165) is 25.0 Å². The highest BCUT2D eigenvalue weighted by Gasteiger charge is 2.31. The summed E-state index contributed by atoms with van der Waals surface area (Å²) < 4.78 is 41.4. The summed E-state index contributed by atoms with van der Waals surface area (Å²) in [7, 11) is 0. The van der Waals surface area contributed by atoms with E-state index in [-0.39, 0.29) is 17.3 Å². The molecule has 12 heteroatoms. The topological polar surface area (TPSA) is 108 Å². The number of aromatic nitrogens is 4. The van der Waals surface area contributed by atoms with E-state index in [1.807, 2.05) is 20.8 Å². The minimum absolute atomic E-state index is 0.152. The van der Waals surface area contributed by atoms with Crippen LogP contribution in [0.4, 0.5) is 35.5 Å². The molecular weight excluding hydrogens is 463 g/mol. The van der Waals surface area contributed by atoms with Gasteiger partial charge in [-0.15, -0.1) is 0 Å². The van der Waals surface area contributed by atoms with Crippen molar-refractivity contribution >= 4 is 34.8 Å². The normalized spacial score (nSPS) is 16.6. The van der Waals surface area contributed by atoms with Crippen molar-refractivity contribution in [1.82, 2.24) is 24.4 Å². The lowest BCUT2D eigenvalue weighted by Gasteiger charge is -2.22. The molecule has 2 aromatic heterocycles. The van der Waals surface area contributed by atoms with E-state index in [0.29, 0.717) is 42.6 Å². The molecule has 0 spiro atoms. The van der Waals surface area contributed by atoms with E-state index in [9.17, 15) is 23.1 Å². The zero-order chi connectivity index (χ0) is 25.4. The molecule has 0 bridgehead atoms. The number of fused-ring (bicyclic) bond motifs is 1. The van der Waals surface area contributed by atoms with Gasteiger partial charge in [-0.2, -0.15) is 18.2 Å². The highest BCUT2D eigenvalue weighted by Crippen LogP contribution is 2.32. The van der Waals surface area contributed by atoms with Crippen molar-refractivity contribution in [2.24, 2.45) is 0 Å². The third-order valence-corrected chi connectivity index (χ3v) is 5.73. The Morgan fingerprint density at radius 2 is 2.00 bits per heavy atom. The van der Waals surface area contributed by atoms with Gasteiger partial charge in [0.15, 0.2) is 5.65 Å². The van der Waals surface area contributed by atoms with Gasteiger partial charge in [0.25, 0.3) is 0 Å². The Morgan fingerprint density at radius 1 is 1.23 bits per heavy atom. The number of carbonyl (C=O) groups is 1. The van der Waals surface area contributed by atoms with Gasteiger partial charge in [-0.3, -0.25) is 4.57 Å². The van der Waals surface area contributed by atoms with Gasteiger partial charge in [-0.05, 0) is 58.2 Å². The van der Waals surface area contributed by atoms with Gasteiger partial charge in [0, 0.05) is 30.4 Å². The van der Waals surface area contributed by atoms with Gasteiger partial charge in [0.1, 0.15) is 5.52 Å². The highest BCUT2D eigenvalue weighted by atomic mass is 19.4. The Labute approximate surface area is 200 Å². The Kier molecular flexibility index (Phi) is 6.48. The Hall–Kier alpha value is -3.57. The number of hydrogen-bond donors (Lipinski definition) is 3. The molecule has 0 aliphatic carbocycles. The maximum atomic E-state index is 13.2. The molecule has 4 rings (SSSR count). The SMILES string of the molecule is CC(C)(C)Nc1ncc2nc(Nc3cccc(C(F)(F)F)c3)n(CCC3CCCN3C(=O)O)c2n1. The van der Waals surface area contributed by atoms with Crippen LogP contribution in [0.15, 0.2) is 30.5 Å². The second kappa shape index (κ2) is 9.23. The minimum Gasteiger partial charge on any atom is -0.465 e. The molecule has 0 saturated carbocycles. The third kappa shape index (κ3) is 5.75. The average molecular weight is 492 g/mol. The van der Waals surface area contributed by atoms with E-state index < -0.39 is 17.8 Å². The molecule has 1 saturated heterocycles. The van der Waals surface area contributed by atoms with Gasteiger partial charge in [0.05, 0.1) is 11.8 Å². The zero-order valence-corrected chi connectivity index (χ0v) is 19.7. The number of nitrogens with one attached hydrogen (secondary N) is 2. The number of imidazole rings is 1. The fourth-order valence-electron chi connectivity index (χ4n) is 4.19. The van der Waals surface area contributed by atoms with Gasteiger partial charge >= 0.3 is 12.3 Å². The van der Waals surface area contributed by atoms with Crippen molar-refractivity contribution in [1.29, 1.82) is 0 Å². The molecule has 1 unspecified atom stereocenters. The summed E-state index contributed by atoms with van der Waals surface area (Å²) in [6.45, 7) is 6.78. The molecule has 9 nitrogen and oxygen atoms in total. The molecule has 1 amide bonds. The van der Waals surface area contributed by atoms with Crippen LogP contribution in [0.1, 0.15) is 45.6 Å². The molecule has 1 aromatic carbocycles. The number of nitrogens with zero attached hydrogens (tertiary/aromatic N) is 5. The smallest absolute Gasteiger partial charge is 0.416 e. The zero-order valence-electron chi connectivity index (χ0n) is 19.7. The van der Waals surface area contributed by atoms with Crippen LogP contribution in [-0.2, 0) is 12.7 Å². The number of aryl methyl sites for hydroxylation is 1. The van der Waals surface area contributed by atoms with Crippen LogP contribution in [0.25, 0.3) is 11.2 Å². The second-order valence-electron chi connectivity index (χ2n) is 9.63. The number of likely N-dealkylation sites (tertiary alicyclic amines) is 1. The molecule has 3 heterocycles. The van der Waals surface area contributed by atoms with Crippen LogP contribution in [0.2, 0.25) is 0 Å². The largest absolute Gasteiger partial charge is 0.465 e. The molecule has 1 aliphatic heterocycles. The van der Waals surface area contributed by atoms with E-state index in [1.165, 1.54) is 17.0 Å². The molecule has 1 fully saturated rings. The first kappa shape index (κ1) is 24.6. The number of anilines is 3. The number of halogens is 3. The Morgan fingerprint density at radius 3 is 2.69 bits per heavy atom. The Balaban J connectivity index is 1.69. The molecule has 35 heavy (non-hydrogen) atoms. The average Bonchev–Trinajstić information content (AvgIpc) is 3.35. The summed E-state index contributed by atoms with van der Waals surface area (Å²) in [5.74, 6) is 0.700. The second-order valence-corrected chi connectivity index (χ2v) is 9.63. The van der Waals surface area contributed by atoms with Gasteiger partial charge in [0.2, 0.25) is 11.9 Å². The van der Waals surface area contributed by atoms with E-state index in [1.54, 1.807) is 10.8 Å². The van der Waals surface area contributed by atoms with Crippen LogP contribution in [0.3, 0.4) is 0 Å². The minimum atomic E-state index is -4.47. The number of carboxylic acid groups (broad SMARTS) is 1. The monoisotopic (exact) mass is 491 g/mol. The van der Waals surface area contributed by atoms with Crippen LogP contribution < -0.4 is 10.6 Å². The summed E-state index contributed by atoms with van der Waals surface area (Å²) >= 11 is 0. The summed E-state index contributed by atoms with van der Waals surface area (Å²) in [5, 5.41) is 15.7. The molecular formula is C23H28F3N7O2. The molecule has 1 aliphatic rings. The molecule has 1 atom stereocenters. The van der Waals surface area contributed by atoms with Gasteiger partial charge in [-0.25, -0.2) is 14.8 Å². The van der Waals surface area contributed by atoms with Crippen LogP contribution in [0, 0.1) is 0 Å². The van der Waals surface area contributed by atoms with Crippen molar-refractivity contribution in [3.8, 4) is 0 Å². The summed E-state index contributed by atoms with van der Waals surface area (Å²) in [6, 6.07) is 4.73. The molecule has 3 N–H and O–H groups in total. The fraction of sp³-hybridized carbons (Fsp3) is 0.478. The number of rotatable bonds is 6.